The summed E-state index contributed by atoms with van der Waals surface area (Å²) in [5, 5.41) is 0. The summed E-state index contributed by atoms with van der Waals surface area (Å²) >= 11 is 0. The van der Waals surface area contributed by atoms with Crippen molar-refractivity contribution in [3.63, 3.8) is 0 Å². The van der Waals surface area contributed by atoms with Gasteiger partial charge in [0, 0.05) is 6.04 Å². The van der Waals surface area contributed by atoms with Gasteiger partial charge < -0.3 is 11.5 Å². The Kier molecular flexibility index (Phi) is 4.11. The van der Waals surface area contributed by atoms with Gasteiger partial charge in [-0.05, 0) is 49.9 Å². The van der Waals surface area contributed by atoms with Crippen LogP contribution < -0.4 is 11.5 Å². The predicted molar refractivity (Wildman–Crippen MR) is 61.1 cm³/mol. The van der Waals surface area contributed by atoms with E-state index in [2.05, 4.69) is 32.0 Å². The van der Waals surface area contributed by atoms with Crippen molar-refractivity contribution < 1.29 is 0 Å². The van der Waals surface area contributed by atoms with E-state index in [0.29, 0.717) is 0 Å². The maximum absolute atomic E-state index is 6.13. The minimum atomic E-state index is 0.139. The van der Waals surface area contributed by atoms with Gasteiger partial charge in [-0.15, -0.1) is 0 Å². The van der Waals surface area contributed by atoms with Crippen molar-refractivity contribution >= 4 is 0 Å². The second kappa shape index (κ2) is 5.13. The Bertz CT molecular complexity index is 274. The zero-order valence-electron chi connectivity index (χ0n) is 9.09. The maximum atomic E-state index is 6.13. The van der Waals surface area contributed by atoms with Crippen LogP contribution >= 0.6 is 0 Å². The van der Waals surface area contributed by atoms with E-state index >= 15 is 0 Å². The first-order valence-corrected chi connectivity index (χ1v) is 5.18. The van der Waals surface area contributed by atoms with Crippen molar-refractivity contribution in [2.75, 3.05) is 6.54 Å². The molecule has 2 heteroatoms. The molecule has 4 N–H and O–H groups in total. The topological polar surface area (TPSA) is 52.0 Å². The van der Waals surface area contributed by atoms with Gasteiger partial charge in [-0.2, -0.15) is 0 Å². The average molecular weight is 192 g/mol. The summed E-state index contributed by atoms with van der Waals surface area (Å²) < 4.78 is 0. The molecule has 0 aliphatic rings. The van der Waals surface area contributed by atoms with Crippen LogP contribution in [0.4, 0.5) is 0 Å². The van der Waals surface area contributed by atoms with E-state index in [-0.39, 0.29) is 6.04 Å². The molecule has 1 aromatic carbocycles. The molecule has 78 valence electrons. The van der Waals surface area contributed by atoms with E-state index in [0.717, 1.165) is 19.4 Å². The van der Waals surface area contributed by atoms with E-state index in [1.165, 1.54) is 16.7 Å². The van der Waals surface area contributed by atoms with Crippen LogP contribution in [-0.2, 0) is 0 Å². The summed E-state index contributed by atoms with van der Waals surface area (Å²) in [5.74, 6) is 0. The average Bonchev–Trinajstić information content (AvgIpc) is 2.14. The Balaban J connectivity index is 2.82. The zero-order valence-corrected chi connectivity index (χ0v) is 9.09. The van der Waals surface area contributed by atoms with E-state index < -0.39 is 0 Å². The van der Waals surface area contributed by atoms with Gasteiger partial charge in [-0.25, -0.2) is 0 Å². The number of hydrogen-bond donors (Lipinski definition) is 2. The van der Waals surface area contributed by atoms with Gasteiger partial charge in [-0.3, -0.25) is 0 Å². The number of rotatable bonds is 4. The molecule has 0 aliphatic heterocycles. The first kappa shape index (κ1) is 11.2. The summed E-state index contributed by atoms with van der Waals surface area (Å²) in [6.45, 7) is 4.95. The normalized spacial score (nSPS) is 12.9. The van der Waals surface area contributed by atoms with Gasteiger partial charge in [0.1, 0.15) is 0 Å². The quantitative estimate of drug-likeness (QED) is 0.767. The standard InChI is InChI=1S/C12H20N2/c1-9-5-3-6-10(2)12(9)11(14)7-4-8-13/h3,5-6,11H,4,7-8,13-14H2,1-2H3/t11-/m1/s1. The summed E-state index contributed by atoms with van der Waals surface area (Å²) in [4.78, 5) is 0. The van der Waals surface area contributed by atoms with Crippen molar-refractivity contribution in [1.29, 1.82) is 0 Å². The smallest absolute Gasteiger partial charge is 0.0300 e. The van der Waals surface area contributed by atoms with Crippen molar-refractivity contribution in [3.05, 3.63) is 34.9 Å². The van der Waals surface area contributed by atoms with E-state index in [4.69, 9.17) is 11.5 Å². The van der Waals surface area contributed by atoms with Gasteiger partial charge in [0.15, 0.2) is 0 Å². The Morgan fingerprint density at radius 3 is 2.29 bits per heavy atom. The van der Waals surface area contributed by atoms with Crippen LogP contribution in [0.3, 0.4) is 0 Å². The molecular formula is C12H20N2. The zero-order chi connectivity index (χ0) is 10.6. The van der Waals surface area contributed by atoms with Crippen LogP contribution in [0.25, 0.3) is 0 Å². The highest BCUT2D eigenvalue weighted by Crippen LogP contribution is 2.22. The summed E-state index contributed by atoms with van der Waals surface area (Å²) in [6.07, 6.45) is 1.97. The highest BCUT2D eigenvalue weighted by atomic mass is 14.6. The van der Waals surface area contributed by atoms with Gasteiger partial charge in [0.05, 0.1) is 0 Å². The molecule has 0 aliphatic carbocycles. The van der Waals surface area contributed by atoms with Crippen molar-refractivity contribution in [3.8, 4) is 0 Å². The maximum Gasteiger partial charge on any atom is 0.0300 e. The fourth-order valence-electron chi connectivity index (χ4n) is 1.89. The number of hydrogen-bond acceptors (Lipinski definition) is 2. The molecule has 0 amide bonds. The van der Waals surface area contributed by atoms with Crippen LogP contribution in [0.1, 0.15) is 35.6 Å². The van der Waals surface area contributed by atoms with Gasteiger partial charge >= 0.3 is 0 Å². The molecule has 0 radical (unpaired) electrons. The first-order valence-electron chi connectivity index (χ1n) is 5.18. The lowest BCUT2D eigenvalue weighted by Gasteiger charge is -2.16. The van der Waals surface area contributed by atoms with Crippen molar-refractivity contribution in [2.45, 2.75) is 32.7 Å². The molecule has 0 aromatic heterocycles. The molecule has 0 fully saturated rings. The monoisotopic (exact) mass is 192 g/mol. The third-order valence-electron chi connectivity index (χ3n) is 2.63. The highest BCUT2D eigenvalue weighted by molar-refractivity contribution is 5.35. The minimum absolute atomic E-state index is 0.139. The number of aryl methyl sites for hydroxylation is 2. The summed E-state index contributed by atoms with van der Waals surface area (Å²) in [5.41, 5.74) is 15.5. The summed E-state index contributed by atoms with van der Waals surface area (Å²) in [6, 6.07) is 6.44. The molecule has 1 atom stereocenters. The molecule has 0 unspecified atom stereocenters. The van der Waals surface area contributed by atoms with E-state index in [1.807, 2.05) is 0 Å². The van der Waals surface area contributed by atoms with Crippen LogP contribution in [0.5, 0.6) is 0 Å². The molecule has 0 spiro atoms. The second-order valence-electron chi connectivity index (χ2n) is 3.84. The molecule has 1 aromatic rings. The SMILES string of the molecule is Cc1cccc(C)c1[C@H](N)CCCN. The molecule has 0 saturated heterocycles. The molecule has 14 heavy (non-hydrogen) atoms. The largest absolute Gasteiger partial charge is 0.330 e. The van der Waals surface area contributed by atoms with Gasteiger partial charge in [0.25, 0.3) is 0 Å². The van der Waals surface area contributed by atoms with E-state index in [9.17, 15) is 0 Å². The fourth-order valence-corrected chi connectivity index (χ4v) is 1.89. The first-order chi connectivity index (χ1) is 6.66. The third kappa shape index (κ3) is 2.56. The van der Waals surface area contributed by atoms with Gasteiger partial charge in [0.2, 0.25) is 0 Å². The van der Waals surface area contributed by atoms with Crippen molar-refractivity contribution in [1.82, 2.24) is 0 Å². The molecule has 0 heterocycles. The van der Waals surface area contributed by atoms with Crippen molar-refractivity contribution in [2.24, 2.45) is 11.5 Å². The lowest BCUT2D eigenvalue weighted by molar-refractivity contribution is 0.612. The Morgan fingerprint density at radius 2 is 1.79 bits per heavy atom. The highest BCUT2D eigenvalue weighted by Gasteiger charge is 2.10. The van der Waals surface area contributed by atoms with Crippen LogP contribution in [0, 0.1) is 13.8 Å². The lowest BCUT2D eigenvalue weighted by Crippen LogP contribution is -2.15. The molecule has 1 rings (SSSR count). The second-order valence-corrected chi connectivity index (χ2v) is 3.84. The molecule has 0 saturated carbocycles. The molecular weight excluding hydrogens is 172 g/mol. The third-order valence-corrected chi connectivity index (χ3v) is 2.63. The predicted octanol–water partition coefficient (Wildman–Crippen LogP) is 2.04. The summed E-state index contributed by atoms with van der Waals surface area (Å²) in [7, 11) is 0. The number of benzene rings is 1. The van der Waals surface area contributed by atoms with Gasteiger partial charge in [-0.1, -0.05) is 18.2 Å². The lowest BCUT2D eigenvalue weighted by atomic mass is 9.94. The molecule has 0 bridgehead atoms. The number of nitrogens with two attached hydrogens (primary N) is 2. The van der Waals surface area contributed by atoms with Crippen LogP contribution in [0.15, 0.2) is 18.2 Å². The van der Waals surface area contributed by atoms with Crippen LogP contribution in [-0.4, -0.2) is 6.54 Å². The minimum Gasteiger partial charge on any atom is -0.330 e. The molecule has 2 nitrogen and oxygen atoms in total. The van der Waals surface area contributed by atoms with E-state index in [1.54, 1.807) is 0 Å². The Labute approximate surface area is 86.3 Å². The van der Waals surface area contributed by atoms with Crippen LogP contribution in [0.2, 0.25) is 0 Å². The Hall–Kier alpha value is -0.860. The fraction of sp³-hybridized carbons (Fsp3) is 0.500. The Morgan fingerprint density at radius 1 is 1.21 bits per heavy atom.